The highest BCUT2D eigenvalue weighted by Gasteiger charge is 2.02. The molecule has 1 N–H and O–H groups in total. The van der Waals surface area contributed by atoms with E-state index in [0.717, 1.165) is 19.6 Å². The van der Waals surface area contributed by atoms with Gasteiger partial charge in [-0.05, 0) is 13.3 Å². The van der Waals surface area contributed by atoms with E-state index >= 15 is 0 Å². The van der Waals surface area contributed by atoms with Crippen LogP contribution in [0.4, 0.5) is 0 Å². The zero-order valence-electron chi connectivity index (χ0n) is 6.76. The molecule has 0 fully saturated rings. The third kappa shape index (κ3) is 4.32. The van der Waals surface area contributed by atoms with Gasteiger partial charge in [-0.2, -0.15) is 5.10 Å². The van der Waals surface area contributed by atoms with E-state index in [9.17, 15) is 0 Å². The molecule has 0 aromatic rings. The predicted octanol–water partition coefficient (Wildman–Crippen LogP) is 1.01. The van der Waals surface area contributed by atoms with Crippen molar-refractivity contribution in [3.63, 3.8) is 0 Å². The first kappa shape index (κ1) is 9.43. The molecule has 0 heterocycles. The van der Waals surface area contributed by atoms with Gasteiger partial charge < -0.3 is 10.2 Å². The van der Waals surface area contributed by atoms with Gasteiger partial charge >= 0.3 is 0 Å². The molecule has 0 saturated heterocycles. The van der Waals surface area contributed by atoms with Gasteiger partial charge in [-0.15, -0.1) is 0 Å². The van der Waals surface area contributed by atoms with Crippen LogP contribution < -0.4 is 5.43 Å². The van der Waals surface area contributed by atoms with Crippen molar-refractivity contribution >= 4 is 6.72 Å². The van der Waals surface area contributed by atoms with Crippen LogP contribution in [0.1, 0.15) is 20.3 Å². The highest BCUT2D eigenvalue weighted by Crippen LogP contribution is 1.94. The second-order valence-electron chi connectivity index (χ2n) is 2.01. The largest absolute Gasteiger partial charge is 0.377 e. The molecule has 0 aliphatic rings. The number of ether oxygens (including phenoxy) is 1. The fraction of sp³-hybridized carbons (Fsp3) is 0.857. The molecule has 0 spiro atoms. The van der Waals surface area contributed by atoms with Crippen molar-refractivity contribution in [2.45, 2.75) is 26.4 Å². The third-order valence-corrected chi connectivity index (χ3v) is 1.29. The summed E-state index contributed by atoms with van der Waals surface area (Å²) in [4.78, 5) is 0. The Morgan fingerprint density at radius 1 is 1.60 bits per heavy atom. The molecule has 0 aromatic heterocycles. The minimum Gasteiger partial charge on any atom is -0.377 e. The fourth-order valence-electron chi connectivity index (χ4n) is 0.723. The lowest BCUT2D eigenvalue weighted by molar-refractivity contribution is 0.0606. The van der Waals surface area contributed by atoms with E-state index in [4.69, 9.17) is 4.74 Å². The maximum Gasteiger partial charge on any atom is 0.0761 e. The van der Waals surface area contributed by atoms with Crippen LogP contribution in [-0.4, -0.2) is 26.0 Å². The molecule has 0 rings (SSSR count). The quantitative estimate of drug-likeness (QED) is 0.446. The van der Waals surface area contributed by atoms with Gasteiger partial charge in [-0.3, -0.25) is 0 Å². The summed E-state index contributed by atoms with van der Waals surface area (Å²) in [7, 11) is 0. The Bertz CT molecular complexity index is 85.7. The van der Waals surface area contributed by atoms with E-state index in [0.29, 0.717) is 0 Å². The first-order valence-corrected chi connectivity index (χ1v) is 3.65. The Morgan fingerprint density at radius 3 is 2.70 bits per heavy atom. The normalized spacial score (nSPS) is 12.6. The van der Waals surface area contributed by atoms with Crippen molar-refractivity contribution in [2.24, 2.45) is 5.10 Å². The Labute approximate surface area is 62.5 Å². The summed E-state index contributed by atoms with van der Waals surface area (Å²) in [6, 6.07) is 0. The van der Waals surface area contributed by atoms with Crippen LogP contribution in [0.15, 0.2) is 5.10 Å². The first-order chi connectivity index (χ1) is 4.85. The van der Waals surface area contributed by atoms with Crippen LogP contribution in [0.2, 0.25) is 0 Å². The molecule has 1 unspecified atom stereocenters. The molecule has 0 bridgehead atoms. The first-order valence-electron chi connectivity index (χ1n) is 3.65. The maximum absolute atomic E-state index is 5.34. The van der Waals surface area contributed by atoms with Crippen molar-refractivity contribution in [2.75, 3.05) is 13.2 Å². The summed E-state index contributed by atoms with van der Waals surface area (Å²) >= 11 is 0. The lowest BCUT2D eigenvalue weighted by atomic mass is 10.3. The summed E-state index contributed by atoms with van der Waals surface area (Å²) in [6.07, 6.45) is 1.28. The van der Waals surface area contributed by atoms with Crippen molar-refractivity contribution < 1.29 is 4.74 Å². The van der Waals surface area contributed by atoms with Crippen molar-refractivity contribution in [1.29, 1.82) is 0 Å². The van der Waals surface area contributed by atoms with E-state index in [1.807, 2.05) is 6.92 Å². The van der Waals surface area contributed by atoms with E-state index in [2.05, 4.69) is 24.2 Å². The van der Waals surface area contributed by atoms with Gasteiger partial charge in [0.05, 0.1) is 12.6 Å². The van der Waals surface area contributed by atoms with E-state index in [-0.39, 0.29) is 6.10 Å². The van der Waals surface area contributed by atoms with Crippen molar-refractivity contribution in [1.82, 2.24) is 5.43 Å². The Morgan fingerprint density at radius 2 is 2.30 bits per heavy atom. The minimum atomic E-state index is 0.274. The Hall–Kier alpha value is -0.570. The summed E-state index contributed by atoms with van der Waals surface area (Å²) in [5.41, 5.74) is 2.77. The number of nitrogens with one attached hydrogen (secondary N) is 1. The van der Waals surface area contributed by atoms with Crippen LogP contribution in [0.3, 0.4) is 0 Å². The van der Waals surface area contributed by atoms with Gasteiger partial charge in [0.25, 0.3) is 0 Å². The second-order valence-corrected chi connectivity index (χ2v) is 2.01. The molecule has 0 aromatic carbocycles. The van der Waals surface area contributed by atoms with E-state index in [1.54, 1.807) is 0 Å². The fourth-order valence-corrected chi connectivity index (χ4v) is 0.723. The molecule has 0 amide bonds. The molecule has 0 saturated carbocycles. The molecule has 60 valence electrons. The average Bonchev–Trinajstić information content (AvgIpc) is 1.98. The molecular weight excluding hydrogens is 128 g/mol. The third-order valence-electron chi connectivity index (χ3n) is 1.29. The van der Waals surface area contributed by atoms with Crippen molar-refractivity contribution in [3.8, 4) is 0 Å². The van der Waals surface area contributed by atoms with Crippen LogP contribution in [0.25, 0.3) is 0 Å². The highest BCUT2D eigenvalue weighted by atomic mass is 16.5. The number of hydrogen-bond acceptors (Lipinski definition) is 3. The number of rotatable bonds is 6. The van der Waals surface area contributed by atoms with Gasteiger partial charge in [0, 0.05) is 13.3 Å². The summed E-state index contributed by atoms with van der Waals surface area (Å²) < 4.78 is 5.34. The summed E-state index contributed by atoms with van der Waals surface area (Å²) in [5, 5.41) is 3.53. The summed E-state index contributed by atoms with van der Waals surface area (Å²) in [5.74, 6) is 0. The van der Waals surface area contributed by atoms with Crippen molar-refractivity contribution in [3.05, 3.63) is 0 Å². The highest BCUT2D eigenvalue weighted by molar-refractivity contribution is 5.22. The van der Waals surface area contributed by atoms with E-state index in [1.165, 1.54) is 0 Å². The van der Waals surface area contributed by atoms with Crippen LogP contribution in [0.5, 0.6) is 0 Å². The monoisotopic (exact) mass is 144 g/mol. The predicted molar refractivity (Wildman–Crippen MR) is 43.3 cm³/mol. The molecule has 0 aliphatic heterocycles. The Kier molecular flexibility index (Phi) is 6.18. The number of nitrogens with zero attached hydrogens (tertiary/aromatic N) is 1. The minimum absolute atomic E-state index is 0.274. The second kappa shape index (κ2) is 6.55. The number of hydrogen-bond donors (Lipinski definition) is 1. The standard InChI is InChI=1S/C7H16N2O/c1-4-7(10-5-2)6-9-8-3/h7,9H,3-6H2,1-2H3. The van der Waals surface area contributed by atoms with Gasteiger partial charge in [0.15, 0.2) is 0 Å². The van der Waals surface area contributed by atoms with Gasteiger partial charge in [0.2, 0.25) is 0 Å². The summed E-state index contributed by atoms with van der Waals surface area (Å²) in [6.45, 7) is 8.91. The number of hydrazone groups is 1. The zero-order chi connectivity index (χ0) is 7.82. The molecule has 3 heteroatoms. The lowest BCUT2D eigenvalue weighted by Crippen LogP contribution is -2.25. The molecule has 1 atom stereocenters. The molecule has 0 aliphatic carbocycles. The molecule has 3 nitrogen and oxygen atoms in total. The van der Waals surface area contributed by atoms with Crippen LogP contribution >= 0.6 is 0 Å². The molecule has 10 heavy (non-hydrogen) atoms. The topological polar surface area (TPSA) is 33.6 Å². The van der Waals surface area contributed by atoms with Gasteiger partial charge in [0.1, 0.15) is 0 Å². The van der Waals surface area contributed by atoms with Gasteiger partial charge in [-0.25, -0.2) is 0 Å². The SMILES string of the molecule is C=NNCC(CC)OCC. The lowest BCUT2D eigenvalue weighted by Gasteiger charge is -2.13. The van der Waals surface area contributed by atoms with E-state index < -0.39 is 0 Å². The molecule has 0 radical (unpaired) electrons. The average molecular weight is 144 g/mol. The van der Waals surface area contributed by atoms with Crippen LogP contribution in [-0.2, 0) is 4.74 Å². The Balaban J connectivity index is 3.29. The maximum atomic E-state index is 5.34. The molecular formula is C7H16N2O. The van der Waals surface area contributed by atoms with Gasteiger partial charge in [-0.1, -0.05) is 6.92 Å². The smallest absolute Gasteiger partial charge is 0.0761 e. The van der Waals surface area contributed by atoms with Crippen LogP contribution in [0, 0.1) is 0 Å². The zero-order valence-corrected chi connectivity index (χ0v) is 6.76.